The van der Waals surface area contributed by atoms with E-state index in [1.807, 2.05) is 21.1 Å². The molecular formula is C9H18NO5+. The SMILES string of the molecule is C[N+](C)(C)CCOC(=O)C(=O)OCCO. The second-order valence-electron chi connectivity index (χ2n) is 4.01. The Hall–Kier alpha value is -1.14. The van der Waals surface area contributed by atoms with Gasteiger partial charge < -0.3 is 19.1 Å². The van der Waals surface area contributed by atoms with Crippen molar-refractivity contribution < 1.29 is 28.7 Å². The van der Waals surface area contributed by atoms with Crippen LogP contribution in [0.3, 0.4) is 0 Å². The first kappa shape index (κ1) is 13.9. The largest absolute Gasteiger partial charge is 0.455 e. The molecule has 88 valence electrons. The van der Waals surface area contributed by atoms with Crippen LogP contribution in [0.25, 0.3) is 0 Å². The maximum Gasteiger partial charge on any atom is 0.417 e. The van der Waals surface area contributed by atoms with E-state index in [0.29, 0.717) is 11.0 Å². The van der Waals surface area contributed by atoms with E-state index < -0.39 is 11.9 Å². The predicted octanol–water partition coefficient (Wildman–Crippen LogP) is -1.23. The summed E-state index contributed by atoms with van der Waals surface area (Å²) >= 11 is 0. The Labute approximate surface area is 89.0 Å². The summed E-state index contributed by atoms with van der Waals surface area (Å²) in [6.45, 7) is 0.275. The topological polar surface area (TPSA) is 72.8 Å². The predicted molar refractivity (Wildman–Crippen MR) is 51.9 cm³/mol. The Bertz CT molecular complexity index is 221. The summed E-state index contributed by atoms with van der Waals surface area (Å²) in [5.41, 5.74) is 0. The van der Waals surface area contributed by atoms with Gasteiger partial charge in [-0.2, -0.15) is 0 Å². The van der Waals surface area contributed by atoms with E-state index in [1.54, 1.807) is 0 Å². The van der Waals surface area contributed by atoms with Crippen molar-refractivity contribution in [3.8, 4) is 0 Å². The Kier molecular flexibility index (Phi) is 5.88. The van der Waals surface area contributed by atoms with Gasteiger partial charge in [-0.25, -0.2) is 9.59 Å². The quantitative estimate of drug-likeness (QED) is 0.357. The van der Waals surface area contributed by atoms with E-state index in [1.165, 1.54) is 0 Å². The summed E-state index contributed by atoms with van der Waals surface area (Å²) in [6, 6.07) is 0. The fourth-order valence-corrected chi connectivity index (χ4v) is 0.668. The lowest BCUT2D eigenvalue weighted by Gasteiger charge is -2.23. The van der Waals surface area contributed by atoms with Gasteiger partial charge in [-0.3, -0.25) is 0 Å². The van der Waals surface area contributed by atoms with Gasteiger partial charge in [0.1, 0.15) is 19.8 Å². The van der Waals surface area contributed by atoms with Crippen molar-refractivity contribution in [1.82, 2.24) is 0 Å². The fraction of sp³-hybridized carbons (Fsp3) is 0.778. The van der Waals surface area contributed by atoms with Crippen LogP contribution in [0.15, 0.2) is 0 Å². The molecule has 0 unspecified atom stereocenters. The highest BCUT2D eigenvalue weighted by Gasteiger charge is 2.18. The zero-order valence-electron chi connectivity index (χ0n) is 9.36. The molecule has 1 N–H and O–H groups in total. The molecule has 6 nitrogen and oxygen atoms in total. The van der Waals surface area contributed by atoms with E-state index >= 15 is 0 Å². The molecule has 15 heavy (non-hydrogen) atoms. The summed E-state index contributed by atoms with van der Waals surface area (Å²) in [5.74, 6) is -2.08. The average Bonchev–Trinajstić information content (AvgIpc) is 2.11. The third-order valence-corrected chi connectivity index (χ3v) is 1.49. The monoisotopic (exact) mass is 220 g/mol. The molecule has 0 atom stereocenters. The van der Waals surface area contributed by atoms with Crippen molar-refractivity contribution in [2.45, 2.75) is 0 Å². The van der Waals surface area contributed by atoms with E-state index in [2.05, 4.69) is 9.47 Å². The van der Waals surface area contributed by atoms with Crippen LogP contribution in [-0.4, -0.2) is 69.0 Å². The second kappa shape index (κ2) is 6.36. The van der Waals surface area contributed by atoms with Crippen LogP contribution in [0.1, 0.15) is 0 Å². The van der Waals surface area contributed by atoms with Crippen molar-refractivity contribution in [1.29, 1.82) is 0 Å². The van der Waals surface area contributed by atoms with Gasteiger partial charge in [0.05, 0.1) is 27.7 Å². The van der Waals surface area contributed by atoms with Crippen LogP contribution >= 0.6 is 0 Å². The average molecular weight is 220 g/mol. The highest BCUT2D eigenvalue weighted by Crippen LogP contribution is 1.91. The third kappa shape index (κ3) is 7.90. The molecule has 0 fully saturated rings. The molecule has 0 aliphatic rings. The molecule has 0 aromatic heterocycles. The normalized spacial score (nSPS) is 10.9. The number of carbonyl (C=O) groups excluding carboxylic acids is 2. The zero-order chi connectivity index (χ0) is 11.9. The van der Waals surface area contributed by atoms with Crippen LogP contribution in [0.2, 0.25) is 0 Å². The molecule has 6 heteroatoms. The van der Waals surface area contributed by atoms with E-state index in [0.717, 1.165) is 0 Å². The fourth-order valence-electron chi connectivity index (χ4n) is 0.668. The lowest BCUT2D eigenvalue weighted by atomic mass is 10.5. The number of aliphatic hydroxyl groups is 1. The standard InChI is InChI=1S/C9H18NO5/c1-10(2,3)4-6-14-8(12)9(13)15-7-5-11/h11H,4-7H2,1-3H3/q+1. The molecule has 0 aromatic carbocycles. The molecule has 0 bridgehead atoms. The van der Waals surface area contributed by atoms with Gasteiger partial charge in [0.2, 0.25) is 0 Å². The van der Waals surface area contributed by atoms with Gasteiger partial charge in [-0.05, 0) is 0 Å². The number of carbonyl (C=O) groups is 2. The third-order valence-electron chi connectivity index (χ3n) is 1.49. The van der Waals surface area contributed by atoms with Gasteiger partial charge in [0, 0.05) is 0 Å². The molecule has 0 aliphatic carbocycles. The first-order chi connectivity index (χ1) is 6.87. The van der Waals surface area contributed by atoms with E-state index in [4.69, 9.17) is 5.11 Å². The van der Waals surface area contributed by atoms with Crippen LogP contribution in [-0.2, 0) is 19.1 Å². The molecule has 0 radical (unpaired) electrons. The van der Waals surface area contributed by atoms with Crippen molar-refractivity contribution in [2.75, 3.05) is 47.5 Å². The number of aliphatic hydroxyl groups excluding tert-OH is 1. The van der Waals surface area contributed by atoms with E-state index in [9.17, 15) is 9.59 Å². The summed E-state index contributed by atoms with van der Waals surface area (Å²) in [6.07, 6.45) is 0. The van der Waals surface area contributed by atoms with Crippen molar-refractivity contribution in [3.05, 3.63) is 0 Å². The summed E-state index contributed by atoms with van der Waals surface area (Å²) in [7, 11) is 5.83. The molecule has 0 saturated heterocycles. The number of nitrogens with zero attached hydrogens (tertiary/aromatic N) is 1. The molecule has 0 rings (SSSR count). The van der Waals surface area contributed by atoms with Gasteiger partial charge in [0.15, 0.2) is 0 Å². The Morgan fingerprint density at radius 3 is 1.93 bits per heavy atom. The van der Waals surface area contributed by atoms with Crippen molar-refractivity contribution in [3.63, 3.8) is 0 Å². The van der Waals surface area contributed by atoms with Gasteiger partial charge in [-0.15, -0.1) is 0 Å². The van der Waals surface area contributed by atoms with Gasteiger partial charge >= 0.3 is 11.9 Å². The number of quaternary nitrogens is 1. The molecule has 0 heterocycles. The lowest BCUT2D eigenvalue weighted by Crippen LogP contribution is -2.38. The number of ether oxygens (including phenoxy) is 2. The van der Waals surface area contributed by atoms with Crippen LogP contribution in [0.4, 0.5) is 0 Å². The van der Waals surface area contributed by atoms with Crippen LogP contribution in [0, 0.1) is 0 Å². The van der Waals surface area contributed by atoms with Crippen LogP contribution in [0.5, 0.6) is 0 Å². The number of likely N-dealkylation sites (N-methyl/N-ethyl adjacent to an activating group) is 1. The first-order valence-corrected chi connectivity index (χ1v) is 4.62. The Morgan fingerprint density at radius 2 is 1.53 bits per heavy atom. The molecular weight excluding hydrogens is 202 g/mol. The first-order valence-electron chi connectivity index (χ1n) is 4.62. The van der Waals surface area contributed by atoms with Gasteiger partial charge in [-0.1, -0.05) is 0 Å². The minimum Gasteiger partial charge on any atom is -0.455 e. The molecule has 0 spiro atoms. The van der Waals surface area contributed by atoms with Gasteiger partial charge in [0.25, 0.3) is 0 Å². The number of hydrogen-bond donors (Lipinski definition) is 1. The summed E-state index contributed by atoms with van der Waals surface area (Å²) in [4.78, 5) is 21.8. The summed E-state index contributed by atoms with van der Waals surface area (Å²) < 4.78 is 9.67. The van der Waals surface area contributed by atoms with E-state index in [-0.39, 0.29) is 19.8 Å². The molecule has 0 amide bonds. The highest BCUT2D eigenvalue weighted by atomic mass is 16.6. The zero-order valence-corrected chi connectivity index (χ0v) is 9.36. The number of esters is 2. The van der Waals surface area contributed by atoms with Crippen molar-refractivity contribution >= 4 is 11.9 Å². The Morgan fingerprint density at radius 1 is 1.07 bits per heavy atom. The maximum absolute atomic E-state index is 10.9. The number of rotatable bonds is 5. The molecule has 0 saturated carbocycles. The summed E-state index contributed by atoms with van der Waals surface area (Å²) in [5, 5.41) is 8.35. The molecule has 0 aliphatic heterocycles. The minimum atomic E-state index is -1.06. The van der Waals surface area contributed by atoms with Crippen molar-refractivity contribution in [2.24, 2.45) is 0 Å². The minimum absolute atomic E-state index is 0.163. The second-order valence-corrected chi connectivity index (χ2v) is 4.01. The lowest BCUT2D eigenvalue weighted by molar-refractivity contribution is -0.870. The molecule has 0 aromatic rings. The highest BCUT2D eigenvalue weighted by molar-refractivity contribution is 6.29. The maximum atomic E-state index is 10.9. The van der Waals surface area contributed by atoms with Crippen LogP contribution < -0.4 is 0 Å². The number of hydrogen-bond acceptors (Lipinski definition) is 5. The Balaban J connectivity index is 3.70. The smallest absolute Gasteiger partial charge is 0.417 e.